The van der Waals surface area contributed by atoms with Crippen molar-refractivity contribution in [2.45, 2.75) is 82.7 Å². The molecule has 1 saturated carbocycles. The molecule has 160 valence electrons. The Bertz CT molecular complexity index is 544. The molecule has 1 aliphatic carbocycles. The van der Waals surface area contributed by atoms with Gasteiger partial charge in [-0.25, -0.2) is 9.59 Å². The first-order valence-corrected chi connectivity index (χ1v) is 10.7. The molecule has 8 heteroatoms. The van der Waals surface area contributed by atoms with Crippen LogP contribution in [0.4, 0.5) is 4.79 Å². The summed E-state index contributed by atoms with van der Waals surface area (Å²) in [5.41, 5.74) is 4.46. The van der Waals surface area contributed by atoms with E-state index in [4.69, 9.17) is 5.73 Å². The highest BCUT2D eigenvalue weighted by Crippen LogP contribution is 2.34. The van der Waals surface area contributed by atoms with Crippen molar-refractivity contribution in [3.05, 3.63) is 0 Å². The van der Waals surface area contributed by atoms with E-state index in [0.717, 1.165) is 58.0 Å². The maximum atomic E-state index is 13.3. The van der Waals surface area contributed by atoms with E-state index in [0.29, 0.717) is 25.8 Å². The predicted octanol–water partition coefficient (Wildman–Crippen LogP) is 1.83. The van der Waals surface area contributed by atoms with Crippen molar-refractivity contribution in [2.24, 2.45) is 11.7 Å². The topological polar surface area (TPSA) is 125 Å². The molecule has 0 radical (unpaired) electrons. The second-order valence-corrected chi connectivity index (χ2v) is 8.31. The molecule has 2 atom stereocenters. The van der Waals surface area contributed by atoms with Crippen LogP contribution < -0.4 is 16.4 Å². The van der Waals surface area contributed by atoms with E-state index in [9.17, 15) is 19.5 Å². The number of nitrogens with zero attached hydrogens (tertiary/aromatic N) is 1. The molecule has 28 heavy (non-hydrogen) atoms. The highest BCUT2D eigenvalue weighted by Gasteiger charge is 2.45. The number of unbranched alkanes of at least 4 members (excludes halogenated alkanes) is 1. The largest absolute Gasteiger partial charge is 0.480 e. The van der Waals surface area contributed by atoms with Crippen molar-refractivity contribution in [1.82, 2.24) is 15.5 Å². The van der Waals surface area contributed by atoms with E-state index in [1.807, 2.05) is 11.8 Å². The van der Waals surface area contributed by atoms with Crippen molar-refractivity contribution < 1.29 is 19.5 Å². The van der Waals surface area contributed by atoms with Crippen molar-refractivity contribution in [3.63, 3.8) is 0 Å². The normalized spacial score (nSPS) is 21.0. The Balaban J connectivity index is 2.08. The Morgan fingerprint density at radius 3 is 2.32 bits per heavy atom. The molecule has 1 heterocycles. The summed E-state index contributed by atoms with van der Waals surface area (Å²) in [6, 6.07) is -1.56. The fourth-order valence-corrected chi connectivity index (χ4v) is 4.44. The fourth-order valence-electron chi connectivity index (χ4n) is 4.44. The molecule has 0 aromatic carbocycles. The summed E-state index contributed by atoms with van der Waals surface area (Å²) in [4.78, 5) is 39.3. The molecular formula is C20H36N4O4. The molecule has 5 N–H and O–H groups in total. The summed E-state index contributed by atoms with van der Waals surface area (Å²) >= 11 is 0. The van der Waals surface area contributed by atoms with Gasteiger partial charge < -0.3 is 26.4 Å². The molecule has 3 amide bonds. The highest BCUT2D eigenvalue weighted by atomic mass is 16.4. The Labute approximate surface area is 167 Å². The van der Waals surface area contributed by atoms with Gasteiger partial charge in [0.05, 0.1) is 0 Å². The number of likely N-dealkylation sites (tertiary alicyclic amines) is 1. The zero-order chi connectivity index (χ0) is 20.6. The number of amides is 3. The number of carbonyl (C=O) groups excluding carboxylic acids is 2. The summed E-state index contributed by atoms with van der Waals surface area (Å²) in [5, 5.41) is 14.8. The van der Waals surface area contributed by atoms with Crippen LogP contribution in [0.5, 0.6) is 0 Å². The van der Waals surface area contributed by atoms with E-state index in [-0.39, 0.29) is 11.8 Å². The third-order valence-electron chi connectivity index (χ3n) is 6.18. The highest BCUT2D eigenvalue weighted by molar-refractivity contribution is 5.92. The second kappa shape index (κ2) is 10.6. The monoisotopic (exact) mass is 396 g/mol. The van der Waals surface area contributed by atoms with Gasteiger partial charge in [-0.05, 0) is 64.3 Å². The van der Waals surface area contributed by atoms with Crippen LogP contribution in [-0.2, 0) is 9.59 Å². The van der Waals surface area contributed by atoms with Gasteiger partial charge in [0.1, 0.15) is 11.6 Å². The average molecular weight is 397 g/mol. The van der Waals surface area contributed by atoms with Crippen LogP contribution >= 0.6 is 0 Å². The second-order valence-electron chi connectivity index (χ2n) is 8.31. The smallest absolute Gasteiger partial charge is 0.326 e. The molecule has 2 rings (SSSR count). The van der Waals surface area contributed by atoms with Crippen LogP contribution in [0.1, 0.15) is 71.1 Å². The average Bonchev–Trinajstić information content (AvgIpc) is 3.21. The number of carboxylic acids is 1. The van der Waals surface area contributed by atoms with Gasteiger partial charge in [0.2, 0.25) is 5.91 Å². The number of aliphatic carboxylic acids is 1. The van der Waals surface area contributed by atoms with Crippen LogP contribution in [0, 0.1) is 5.92 Å². The van der Waals surface area contributed by atoms with Crippen LogP contribution in [0.15, 0.2) is 0 Å². The SMILES string of the molecule is C[C@](NC(=O)N[C@@H](CCCCN)C(=O)O)(C(=O)N1CCCC1)C1CCCCC1. The van der Waals surface area contributed by atoms with E-state index in [1.54, 1.807) is 0 Å². The Morgan fingerprint density at radius 2 is 1.75 bits per heavy atom. The first-order chi connectivity index (χ1) is 13.4. The molecule has 8 nitrogen and oxygen atoms in total. The molecule has 1 aliphatic heterocycles. The minimum atomic E-state index is -1.07. The third kappa shape index (κ3) is 5.83. The minimum absolute atomic E-state index is 0.0398. The summed E-state index contributed by atoms with van der Waals surface area (Å²) in [6.45, 7) is 3.75. The van der Waals surface area contributed by atoms with Crippen molar-refractivity contribution in [1.29, 1.82) is 0 Å². The Hall–Kier alpha value is -1.83. The van der Waals surface area contributed by atoms with Gasteiger partial charge in [-0.1, -0.05) is 19.3 Å². The van der Waals surface area contributed by atoms with Gasteiger partial charge in [-0.3, -0.25) is 4.79 Å². The number of carboxylic acid groups (broad SMARTS) is 1. The first kappa shape index (κ1) is 22.5. The van der Waals surface area contributed by atoms with E-state index < -0.39 is 23.6 Å². The third-order valence-corrected chi connectivity index (χ3v) is 6.18. The molecule has 2 aliphatic rings. The maximum absolute atomic E-state index is 13.3. The number of carbonyl (C=O) groups is 3. The zero-order valence-electron chi connectivity index (χ0n) is 17.0. The predicted molar refractivity (Wildman–Crippen MR) is 107 cm³/mol. The zero-order valence-corrected chi connectivity index (χ0v) is 17.0. The number of nitrogens with two attached hydrogens (primary N) is 1. The van der Waals surface area contributed by atoms with E-state index in [2.05, 4.69) is 10.6 Å². The van der Waals surface area contributed by atoms with Crippen molar-refractivity contribution in [2.75, 3.05) is 19.6 Å². The number of urea groups is 1. The van der Waals surface area contributed by atoms with Gasteiger partial charge in [0.25, 0.3) is 0 Å². The van der Waals surface area contributed by atoms with Crippen molar-refractivity contribution in [3.8, 4) is 0 Å². The molecule has 0 spiro atoms. The fraction of sp³-hybridized carbons (Fsp3) is 0.850. The van der Waals surface area contributed by atoms with Gasteiger partial charge in [0, 0.05) is 13.1 Å². The standard InChI is InChI=1S/C20H36N4O4/c1-20(15-9-3-2-4-10-15,18(27)24-13-7-8-14-24)23-19(28)22-16(17(25)26)11-5-6-12-21/h15-16H,2-14,21H2,1H3,(H,25,26)(H2,22,23,28)/t16-,20+/m0/s1. The van der Waals surface area contributed by atoms with Crippen LogP contribution in [0.3, 0.4) is 0 Å². The number of hydrogen-bond donors (Lipinski definition) is 4. The van der Waals surface area contributed by atoms with E-state index >= 15 is 0 Å². The lowest BCUT2D eigenvalue weighted by atomic mass is 9.74. The summed E-state index contributed by atoms with van der Waals surface area (Å²) < 4.78 is 0. The number of hydrogen-bond acceptors (Lipinski definition) is 4. The molecule has 0 aromatic rings. The molecule has 2 fully saturated rings. The lowest BCUT2D eigenvalue weighted by molar-refractivity contribution is -0.139. The minimum Gasteiger partial charge on any atom is -0.480 e. The van der Waals surface area contributed by atoms with E-state index in [1.165, 1.54) is 0 Å². The van der Waals surface area contributed by atoms with Crippen LogP contribution in [-0.4, -0.2) is 59.1 Å². The molecule has 1 saturated heterocycles. The van der Waals surface area contributed by atoms with Gasteiger partial charge in [0.15, 0.2) is 0 Å². The number of nitrogens with one attached hydrogen (secondary N) is 2. The molecule has 0 aromatic heterocycles. The van der Waals surface area contributed by atoms with Crippen molar-refractivity contribution >= 4 is 17.9 Å². The lowest BCUT2D eigenvalue weighted by Gasteiger charge is -2.41. The van der Waals surface area contributed by atoms with Gasteiger partial charge in [-0.2, -0.15) is 0 Å². The summed E-state index contributed by atoms with van der Waals surface area (Å²) in [5.74, 6) is -1.04. The molecular weight excluding hydrogens is 360 g/mol. The van der Waals surface area contributed by atoms with Gasteiger partial charge in [-0.15, -0.1) is 0 Å². The molecule has 0 bridgehead atoms. The molecule has 0 unspecified atom stereocenters. The Kier molecular flexibility index (Phi) is 8.54. The van der Waals surface area contributed by atoms with Gasteiger partial charge >= 0.3 is 12.0 Å². The van der Waals surface area contributed by atoms with Crippen LogP contribution in [0.2, 0.25) is 0 Å². The lowest BCUT2D eigenvalue weighted by Crippen LogP contribution is -2.64. The first-order valence-electron chi connectivity index (χ1n) is 10.7. The van der Waals surface area contributed by atoms with Crippen LogP contribution in [0.25, 0.3) is 0 Å². The summed E-state index contributed by atoms with van der Waals surface area (Å²) in [6.07, 6.45) is 8.67. The summed E-state index contributed by atoms with van der Waals surface area (Å²) in [7, 11) is 0. The number of rotatable bonds is 9. The quantitative estimate of drug-likeness (QED) is 0.443. The maximum Gasteiger partial charge on any atom is 0.326 e. The Morgan fingerprint density at radius 1 is 1.11 bits per heavy atom.